The van der Waals surface area contributed by atoms with Crippen LogP contribution in [0.4, 0.5) is 5.69 Å². The largest absolute Gasteiger partial charge is 0.359 e. The van der Waals surface area contributed by atoms with Gasteiger partial charge >= 0.3 is 0 Å². The molecule has 2 heterocycles. The van der Waals surface area contributed by atoms with Crippen LogP contribution in [0.25, 0.3) is 0 Å². The van der Waals surface area contributed by atoms with E-state index in [2.05, 4.69) is 16.0 Å². The van der Waals surface area contributed by atoms with Crippen LogP contribution in [0.3, 0.4) is 0 Å². The predicted octanol–water partition coefficient (Wildman–Crippen LogP) is 3.87. The van der Waals surface area contributed by atoms with Gasteiger partial charge in [-0.1, -0.05) is 41.7 Å². The number of ketones is 1. The molecular weight excluding hydrogens is 276 g/mol. The number of Topliss-reactive ketones (excluding diaryl/α,β-unsaturated/α-hetero) is 1. The van der Waals surface area contributed by atoms with Crippen molar-refractivity contribution >= 4 is 39.4 Å². The number of carbonyl (C=O) groups excluding carboxylic acids is 1. The maximum absolute atomic E-state index is 11.9. The van der Waals surface area contributed by atoms with Gasteiger partial charge in [-0.05, 0) is 23.8 Å². The Morgan fingerprint density at radius 3 is 3.05 bits per heavy atom. The summed E-state index contributed by atoms with van der Waals surface area (Å²) in [6.07, 6.45) is 1.76. The van der Waals surface area contributed by atoms with Crippen LogP contribution >= 0.6 is 23.5 Å². The lowest BCUT2D eigenvalue weighted by molar-refractivity contribution is 0.101. The van der Waals surface area contributed by atoms with E-state index in [9.17, 15) is 4.79 Å². The van der Waals surface area contributed by atoms with E-state index in [1.165, 1.54) is 17.3 Å². The maximum atomic E-state index is 11.9. The first-order valence-electron chi connectivity index (χ1n) is 5.92. The summed E-state index contributed by atoms with van der Waals surface area (Å²) < 4.78 is 0.971. The molecule has 5 heteroatoms. The fourth-order valence-corrected chi connectivity index (χ4v) is 3.74. The summed E-state index contributed by atoms with van der Waals surface area (Å²) in [6.45, 7) is 0. The highest BCUT2D eigenvalue weighted by Gasteiger charge is 2.14. The quantitative estimate of drug-likeness (QED) is 0.872. The maximum Gasteiger partial charge on any atom is 0.189 e. The van der Waals surface area contributed by atoms with Gasteiger partial charge in [-0.3, -0.25) is 4.79 Å². The van der Waals surface area contributed by atoms with Crippen molar-refractivity contribution in [3.63, 3.8) is 0 Å². The number of carbonyl (C=O) groups is 1. The summed E-state index contributed by atoms with van der Waals surface area (Å²) in [5.74, 6) is 1.46. The minimum absolute atomic E-state index is 0.108. The van der Waals surface area contributed by atoms with E-state index in [1.54, 1.807) is 24.0 Å². The van der Waals surface area contributed by atoms with E-state index in [4.69, 9.17) is 0 Å². The Labute approximate surface area is 119 Å². The fraction of sp³-hybridized carbons (Fsp3) is 0.143. The van der Waals surface area contributed by atoms with Gasteiger partial charge in [-0.2, -0.15) is 0 Å². The van der Waals surface area contributed by atoms with Crippen LogP contribution in [0.2, 0.25) is 0 Å². The average molecular weight is 288 g/mol. The highest BCUT2D eigenvalue weighted by molar-refractivity contribution is 8.38. The lowest BCUT2D eigenvalue weighted by atomic mass is 10.2. The summed E-state index contributed by atoms with van der Waals surface area (Å²) in [5.41, 5.74) is 2.94. The molecule has 0 saturated heterocycles. The predicted molar refractivity (Wildman–Crippen MR) is 82.4 cm³/mol. The van der Waals surface area contributed by atoms with Crippen LogP contribution in [-0.2, 0) is 5.75 Å². The molecular formula is C14H12N2OS2. The first-order chi connectivity index (χ1) is 9.33. The number of nitrogens with zero attached hydrogens (tertiary/aromatic N) is 1. The molecule has 0 bridgehead atoms. The Morgan fingerprint density at radius 1 is 1.32 bits per heavy atom. The Morgan fingerprint density at radius 2 is 2.21 bits per heavy atom. The molecule has 1 aromatic carbocycles. The smallest absolute Gasteiger partial charge is 0.189 e. The minimum atomic E-state index is 0.108. The number of fused-ring (bicyclic) bond motifs is 1. The highest BCUT2D eigenvalue weighted by Crippen LogP contribution is 2.34. The molecule has 1 aliphatic rings. The van der Waals surface area contributed by atoms with Gasteiger partial charge in [0, 0.05) is 11.9 Å². The van der Waals surface area contributed by atoms with Gasteiger partial charge in [0.2, 0.25) is 0 Å². The molecule has 0 unspecified atom stereocenters. The summed E-state index contributed by atoms with van der Waals surface area (Å²) in [6, 6.07) is 11.8. The monoisotopic (exact) mass is 288 g/mol. The first kappa shape index (κ1) is 12.6. The SMILES string of the molecule is O=C(CSC1=Nc2ccccc2CS1)c1ccc[nH]1. The van der Waals surface area contributed by atoms with E-state index < -0.39 is 0 Å². The van der Waals surface area contributed by atoms with Gasteiger partial charge < -0.3 is 4.98 Å². The molecule has 1 N–H and O–H groups in total. The number of aromatic nitrogens is 1. The number of hydrogen-bond donors (Lipinski definition) is 1. The topological polar surface area (TPSA) is 45.2 Å². The normalized spacial score (nSPS) is 13.8. The van der Waals surface area contributed by atoms with Gasteiger partial charge in [0.25, 0.3) is 0 Å². The molecule has 0 atom stereocenters. The highest BCUT2D eigenvalue weighted by atomic mass is 32.2. The zero-order valence-corrected chi connectivity index (χ0v) is 11.8. The summed E-state index contributed by atoms with van der Waals surface area (Å²) >= 11 is 3.21. The zero-order chi connectivity index (χ0) is 13.1. The molecule has 2 aromatic rings. The molecule has 0 aliphatic carbocycles. The van der Waals surface area contributed by atoms with Gasteiger partial charge in [-0.25, -0.2) is 4.99 Å². The third-order valence-corrected chi connectivity index (χ3v) is 5.03. The lowest BCUT2D eigenvalue weighted by Gasteiger charge is -2.13. The molecule has 0 saturated carbocycles. The van der Waals surface area contributed by atoms with Crippen molar-refractivity contribution in [1.82, 2.24) is 4.98 Å². The van der Waals surface area contributed by atoms with Crippen LogP contribution in [0.5, 0.6) is 0 Å². The molecule has 3 nitrogen and oxygen atoms in total. The lowest BCUT2D eigenvalue weighted by Crippen LogP contribution is -2.05. The number of aliphatic imine (C=N–C) groups is 1. The third-order valence-electron chi connectivity index (χ3n) is 2.78. The molecule has 0 spiro atoms. The number of rotatable bonds is 3. The van der Waals surface area contributed by atoms with Crippen molar-refractivity contribution in [3.8, 4) is 0 Å². The molecule has 3 rings (SSSR count). The molecule has 19 heavy (non-hydrogen) atoms. The van der Waals surface area contributed by atoms with E-state index >= 15 is 0 Å². The summed E-state index contributed by atoms with van der Waals surface area (Å²) in [4.78, 5) is 19.4. The minimum Gasteiger partial charge on any atom is -0.359 e. The number of aromatic amines is 1. The fourth-order valence-electron chi connectivity index (χ4n) is 1.79. The van der Waals surface area contributed by atoms with Gasteiger partial charge in [0.15, 0.2) is 5.78 Å². The molecule has 0 amide bonds. The number of hydrogen-bond acceptors (Lipinski definition) is 4. The first-order valence-corrected chi connectivity index (χ1v) is 7.89. The number of thioether (sulfide) groups is 2. The Hall–Kier alpha value is -1.46. The number of H-pyrrole nitrogens is 1. The van der Waals surface area contributed by atoms with Crippen molar-refractivity contribution in [2.45, 2.75) is 5.75 Å². The Balaban J connectivity index is 1.66. The molecule has 1 aromatic heterocycles. The molecule has 96 valence electrons. The third kappa shape index (κ3) is 2.93. The average Bonchev–Trinajstić information content (AvgIpc) is 2.99. The summed E-state index contributed by atoms with van der Waals surface area (Å²) in [5, 5.41) is 0. The van der Waals surface area contributed by atoms with Crippen LogP contribution in [0, 0.1) is 0 Å². The van der Waals surface area contributed by atoms with Crippen molar-refractivity contribution in [2.75, 3.05) is 5.75 Å². The van der Waals surface area contributed by atoms with Crippen molar-refractivity contribution in [2.24, 2.45) is 4.99 Å². The Bertz CT molecular complexity index is 620. The van der Waals surface area contributed by atoms with Crippen LogP contribution < -0.4 is 0 Å². The van der Waals surface area contributed by atoms with Gasteiger partial charge in [0.05, 0.1) is 17.1 Å². The molecule has 0 fully saturated rings. The second kappa shape index (κ2) is 5.67. The molecule has 1 aliphatic heterocycles. The number of benzene rings is 1. The van der Waals surface area contributed by atoms with Crippen LogP contribution in [-0.4, -0.2) is 20.9 Å². The van der Waals surface area contributed by atoms with E-state index in [0.717, 1.165) is 15.8 Å². The number of nitrogens with one attached hydrogen (secondary N) is 1. The van der Waals surface area contributed by atoms with E-state index in [0.29, 0.717) is 11.4 Å². The van der Waals surface area contributed by atoms with Crippen molar-refractivity contribution < 1.29 is 4.79 Å². The van der Waals surface area contributed by atoms with E-state index in [-0.39, 0.29) is 5.78 Å². The van der Waals surface area contributed by atoms with Crippen molar-refractivity contribution in [1.29, 1.82) is 0 Å². The van der Waals surface area contributed by atoms with Gasteiger partial charge in [0.1, 0.15) is 4.38 Å². The van der Waals surface area contributed by atoms with Gasteiger partial charge in [-0.15, -0.1) is 0 Å². The zero-order valence-electron chi connectivity index (χ0n) is 10.1. The van der Waals surface area contributed by atoms with Crippen molar-refractivity contribution in [3.05, 3.63) is 53.9 Å². The molecule has 0 radical (unpaired) electrons. The standard InChI is InChI=1S/C14H12N2OS2/c17-13(12-6-3-7-15-12)9-19-14-16-11-5-2-1-4-10(11)8-18-14/h1-7,15H,8-9H2. The Kier molecular flexibility index (Phi) is 3.75. The second-order valence-electron chi connectivity index (χ2n) is 4.09. The van der Waals surface area contributed by atoms with Crippen LogP contribution in [0.1, 0.15) is 16.1 Å². The second-order valence-corrected chi connectivity index (χ2v) is 6.28. The summed E-state index contributed by atoms with van der Waals surface area (Å²) in [7, 11) is 0. The van der Waals surface area contributed by atoms with E-state index in [1.807, 2.05) is 24.3 Å². The number of para-hydroxylation sites is 1. The van der Waals surface area contributed by atoms with Crippen LogP contribution in [0.15, 0.2) is 47.6 Å².